The van der Waals surface area contributed by atoms with Gasteiger partial charge in [0.2, 0.25) is 15.9 Å². The van der Waals surface area contributed by atoms with Crippen LogP contribution in [0.5, 0.6) is 0 Å². The zero-order valence-corrected chi connectivity index (χ0v) is 20.5. The molecule has 0 bridgehead atoms. The van der Waals surface area contributed by atoms with Crippen molar-refractivity contribution in [3.63, 3.8) is 0 Å². The maximum atomic E-state index is 13.0. The second kappa shape index (κ2) is 11.4. The average molecular weight is 482 g/mol. The lowest BCUT2D eigenvalue weighted by Gasteiger charge is -2.34. The van der Waals surface area contributed by atoms with Crippen LogP contribution >= 0.6 is 0 Å². The van der Waals surface area contributed by atoms with Crippen LogP contribution in [0.4, 0.5) is 0 Å². The minimum atomic E-state index is -3.65. The van der Waals surface area contributed by atoms with E-state index >= 15 is 0 Å². The fourth-order valence-corrected chi connectivity index (χ4v) is 5.94. The van der Waals surface area contributed by atoms with Crippen LogP contribution in [0.25, 0.3) is 0 Å². The number of nitrogens with zero attached hydrogens (tertiary/aromatic N) is 2. The lowest BCUT2D eigenvalue weighted by atomic mass is 9.95. The van der Waals surface area contributed by atoms with Crippen molar-refractivity contribution in [2.24, 2.45) is 5.92 Å². The Morgan fingerprint density at radius 2 is 1.70 bits per heavy atom. The second-order valence-corrected chi connectivity index (χ2v) is 10.7. The lowest BCUT2D eigenvalue weighted by molar-refractivity contribution is -0.126. The first-order chi connectivity index (χ1) is 15.7. The molecule has 3 rings (SSSR count). The number of sulfonamides is 1. The molecule has 0 spiro atoms. The molecule has 33 heavy (non-hydrogen) atoms. The van der Waals surface area contributed by atoms with E-state index in [4.69, 9.17) is 9.47 Å². The second-order valence-electron chi connectivity index (χ2n) is 8.81. The predicted molar refractivity (Wildman–Crippen MR) is 123 cm³/mol. The Morgan fingerprint density at radius 1 is 1.09 bits per heavy atom. The van der Waals surface area contributed by atoms with Crippen molar-refractivity contribution in [1.82, 2.24) is 14.5 Å². The van der Waals surface area contributed by atoms with E-state index in [1.165, 1.54) is 16.4 Å². The molecular weight excluding hydrogens is 446 g/mol. The summed E-state index contributed by atoms with van der Waals surface area (Å²) in [6, 6.07) is 6.12. The van der Waals surface area contributed by atoms with Crippen molar-refractivity contribution in [2.45, 2.75) is 50.2 Å². The van der Waals surface area contributed by atoms with Gasteiger partial charge in [-0.15, -0.1) is 0 Å². The van der Waals surface area contributed by atoms with Crippen molar-refractivity contribution in [3.05, 3.63) is 29.8 Å². The van der Waals surface area contributed by atoms with E-state index < -0.39 is 10.0 Å². The molecule has 2 heterocycles. The third kappa shape index (κ3) is 6.53. The van der Waals surface area contributed by atoms with Gasteiger partial charge in [-0.05, 0) is 57.4 Å². The van der Waals surface area contributed by atoms with Crippen LogP contribution in [-0.2, 0) is 24.3 Å². The van der Waals surface area contributed by atoms with E-state index in [1.807, 2.05) is 13.8 Å². The van der Waals surface area contributed by atoms with Crippen LogP contribution in [-0.4, -0.2) is 88.1 Å². The fourth-order valence-electron chi connectivity index (χ4n) is 4.35. The van der Waals surface area contributed by atoms with Crippen molar-refractivity contribution in [3.8, 4) is 0 Å². The van der Waals surface area contributed by atoms with E-state index in [0.717, 1.165) is 6.42 Å². The number of hydrogen-bond donors (Lipinski definition) is 1. The number of nitrogens with one attached hydrogen (secondary N) is 1. The van der Waals surface area contributed by atoms with Crippen LogP contribution in [0.3, 0.4) is 0 Å². The van der Waals surface area contributed by atoms with Gasteiger partial charge in [0.05, 0.1) is 17.1 Å². The normalized spacial score (nSPS) is 22.8. The summed E-state index contributed by atoms with van der Waals surface area (Å²) in [7, 11) is -2.02. The predicted octanol–water partition coefficient (Wildman–Crippen LogP) is 1.49. The van der Waals surface area contributed by atoms with Gasteiger partial charge in [0.15, 0.2) is 0 Å². The number of carbonyl (C=O) groups excluding carboxylic acids is 2. The summed E-state index contributed by atoms with van der Waals surface area (Å²) < 4.78 is 38.1. The molecule has 1 aromatic rings. The van der Waals surface area contributed by atoms with Crippen LogP contribution in [0.1, 0.15) is 43.5 Å². The number of amides is 2. The molecule has 1 aromatic carbocycles. The maximum absolute atomic E-state index is 13.0. The number of carbonyl (C=O) groups is 2. The van der Waals surface area contributed by atoms with Gasteiger partial charge in [-0.3, -0.25) is 9.59 Å². The number of hydrogen-bond acceptors (Lipinski definition) is 6. The summed E-state index contributed by atoms with van der Waals surface area (Å²) in [5, 5.41) is 2.92. The van der Waals surface area contributed by atoms with E-state index in [1.54, 1.807) is 24.1 Å². The summed E-state index contributed by atoms with van der Waals surface area (Å²) in [6.45, 7) is 6.52. The molecular formula is C23H35N3O6S. The van der Waals surface area contributed by atoms with Gasteiger partial charge in [0.1, 0.15) is 0 Å². The Hall–Kier alpha value is -2.01. The number of rotatable bonds is 8. The lowest BCUT2D eigenvalue weighted by Crippen LogP contribution is -2.48. The van der Waals surface area contributed by atoms with Gasteiger partial charge in [-0.2, -0.15) is 4.31 Å². The van der Waals surface area contributed by atoms with Crippen molar-refractivity contribution >= 4 is 21.8 Å². The first-order valence-corrected chi connectivity index (χ1v) is 13.0. The molecule has 0 saturated carbocycles. The number of ether oxygens (including phenoxy) is 2. The maximum Gasteiger partial charge on any atom is 0.253 e. The molecule has 2 aliphatic rings. The minimum absolute atomic E-state index is 0.0273. The van der Waals surface area contributed by atoms with Crippen LogP contribution in [0.15, 0.2) is 29.2 Å². The third-order valence-corrected chi connectivity index (χ3v) is 7.95. The molecule has 0 radical (unpaired) electrons. The highest BCUT2D eigenvalue weighted by atomic mass is 32.2. The molecule has 1 N–H and O–H groups in total. The first-order valence-electron chi connectivity index (χ1n) is 11.5. The molecule has 184 valence electrons. The van der Waals surface area contributed by atoms with E-state index in [2.05, 4.69) is 5.32 Å². The average Bonchev–Trinajstić information content (AvgIpc) is 2.81. The Kier molecular flexibility index (Phi) is 8.86. The minimum Gasteiger partial charge on any atom is -0.385 e. The molecule has 2 atom stereocenters. The van der Waals surface area contributed by atoms with Crippen molar-refractivity contribution < 1.29 is 27.5 Å². The molecule has 2 fully saturated rings. The zero-order valence-electron chi connectivity index (χ0n) is 19.7. The van der Waals surface area contributed by atoms with Gasteiger partial charge >= 0.3 is 0 Å². The van der Waals surface area contributed by atoms with Crippen molar-refractivity contribution in [1.29, 1.82) is 0 Å². The number of piperidine rings is 1. The van der Waals surface area contributed by atoms with Gasteiger partial charge in [-0.1, -0.05) is 0 Å². The molecule has 9 nitrogen and oxygen atoms in total. The Balaban J connectivity index is 1.55. The highest BCUT2D eigenvalue weighted by Gasteiger charge is 2.32. The van der Waals surface area contributed by atoms with E-state index in [9.17, 15) is 18.0 Å². The molecule has 2 saturated heterocycles. The molecule has 0 aromatic heterocycles. The fraction of sp³-hybridized carbons (Fsp3) is 0.652. The highest BCUT2D eigenvalue weighted by Crippen LogP contribution is 2.23. The summed E-state index contributed by atoms with van der Waals surface area (Å²) in [6.07, 6.45) is 1.66. The molecule has 0 aliphatic carbocycles. The summed E-state index contributed by atoms with van der Waals surface area (Å²) in [5.74, 6) is -0.214. The molecule has 2 aliphatic heterocycles. The summed E-state index contributed by atoms with van der Waals surface area (Å²) in [4.78, 5) is 27.1. The number of benzene rings is 1. The number of likely N-dealkylation sites (tertiary alicyclic amines) is 1. The van der Waals surface area contributed by atoms with Crippen LogP contribution in [0, 0.1) is 5.92 Å². The molecule has 10 heteroatoms. The Morgan fingerprint density at radius 3 is 2.27 bits per heavy atom. The van der Waals surface area contributed by atoms with Crippen LogP contribution in [0.2, 0.25) is 0 Å². The highest BCUT2D eigenvalue weighted by molar-refractivity contribution is 7.89. The SMILES string of the molecule is COCCCNC(=O)C1CCN(C(=O)c2ccc(S(=O)(=O)N3CC(C)OC(C)C3)cc2)CC1. The summed E-state index contributed by atoms with van der Waals surface area (Å²) in [5.41, 5.74) is 0.445. The quantitative estimate of drug-likeness (QED) is 0.564. The van der Waals surface area contributed by atoms with Gasteiger partial charge in [-0.25, -0.2) is 8.42 Å². The van der Waals surface area contributed by atoms with E-state index in [0.29, 0.717) is 57.7 Å². The van der Waals surface area contributed by atoms with Gasteiger partial charge in [0.25, 0.3) is 5.91 Å². The van der Waals surface area contributed by atoms with E-state index in [-0.39, 0.29) is 34.8 Å². The largest absolute Gasteiger partial charge is 0.385 e. The third-order valence-electron chi connectivity index (χ3n) is 6.10. The van der Waals surface area contributed by atoms with Gasteiger partial charge < -0.3 is 19.7 Å². The summed E-state index contributed by atoms with van der Waals surface area (Å²) >= 11 is 0. The Labute approximate surface area is 196 Å². The number of methoxy groups -OCH3 is 1. The first kappa shape index (κ1) is 25.6. The topological polar surface area (TPSA) is 105 Å². The van der Waals surface area contributed by atoms with Gasteiger partial charge in [0, 0.05) is 57.9 Å². The smallest absolute Gasteiger partial charge is 0.253 e. The van der Waals surface area contributed by atoms with Crippen molar-refractivity contribution in [2.75, 3.05) is 46.4 Å². The zero-order chi connectivity index (χ0) is 24.0. The standard InChI is InChI=1S/C23H35N3O6S/c1-17-15-26(16-18(2)32-17)33(29,30)21-7-5-20(6-8-21)23(28)25-12-9-19(10-13-25)22(27)24-11-4-14-31-3/h5-8,17-19H,4,9-16H2,1-3H3,(H,24,27). The molecule has 2 unspecified atom stereocenters. The Bertz CT molecular complexity index is 903. The molecule has 2 amide bonds. The van der Waals surface area contributed by atoms with Crippen LogP contribution < -0.4 is 5.32 Å². The number of morpholine rings is 1. The monoisotopic (exact) mass is 481 g/mol.